The molecular weight excluding hydrogens is 381 g/mol. The number of nitrogens with zero attached hydrogens (tertiary/aromatic N) is 2. The molecule has 0 spiro atoms. The number of nitrogens with one attached hydrogen (secondary N) is 1. The van der Waals surface area contributed by atoms with Crippen LogP contribution in [-0.4, -0.2) is 15.7 Å². The number of amides is 1. The van der Waals surface area contributed by atoms with Crippen LogP contribution in [0.2, 0.25) is 0 Å². The van der Waals surface area contributed by atoms with Crippen LogP contribution in [0.1, 0.15) is 21.5 Å². The molecule has 1 aromatic heterocycles. The van der Waals surface area contributed by atoms with Gasteiger partial charge in [-0.15, -0.1) is 0 Å². The summed E-state index contributed by atoms with van der Waals surface area (Å²) in [7, 11) is 0. The van der Waals surface area contributed by atoms with Crippen LogP contribution in [-0.2, 0) is 13.2 Å². The van der Waals surface area contributed by atoms with Crippen molar-refractivity contribution in [2.45, 2.75) is 13.2 Å². The number of anilines is 1. The van der Waals surface area contributed by atoms with Crippen molar-refractivity contribution in [1.82, 2.24) is 9.78 Å². The SMILES string of the molecule is O=C(Nc1ccc(Cn2cccn2)cc1)c1cccc(OCc2ccc(F)cc2)c1. The van der Waals surface area contributed by atoms with Crippen molar-refractivity contribution in [2.75, 3.05) is 5.32 Å². The minimum absolute atomic E-state index is 0.220. The van der Waals surface area contributed by atoms with Crippen LogP contribution < -0.4 is 10.1 Å². The standard InChI is InChI=1S/C24H20FN3O2/c25-21-9-5-19(6-10-21)17-30-23-4-1-3-20(15-23)24(29)27-22-11-7-18(8-12-22)16-28-14-2-13-26-28/h1-15H,16-17H2,(H,27,29). The monoisotopic (exact) mass is 401 g/mol. The largest absolute Gasteiger partial charge is 0.489 e. The van der Waals surface area contributed by atoms with Gasteiger partial charge in [0.05, 0.1) is 6.54 Å². The van der Waals surface area contributed by atoms with E-state index in [0.29, 0.717) is 30.2 Å². The zero-order valence-corrected chi connectivity index (χ0v) is 16.2. The van der Waals surface area contributed by atoms with Gasteiger partial charge >= 0.3 is 0 Å². The van der Waals surface area contributed by atoms with E-state index in [1.165, 1.54) is 12.1 Å². The molecule has 0 aliphatic carbocycles. The summed E-state index contributed by atoms with van der Waals surface area (Å²) in [4.78, 5) is 12.6. The number of halogens is 1. The molecule has 0 saturated heterocycles. The van der Waals surface area contributed by atoms with Crippen LogP contribution >= 0.6 is 0 Å². The molecule has 0 saturated carbocycles. The van der Waals surface area contributed by atoms with E-state index in [-0.39, 0.29) is 11.7 Å². The predicted molar refractivity (Wildman–Crippen MR) is 113 cm³/mol. The van der Waals surface area contributed by atoms with Gasteiger partial charge in [0.2, 0.25) is 0 Å². The molecule has 5 nitrogen and oxygen atoms in total. The summed E-state index contributed by atoms with van der Waals surface area (Å²) in [5, 5.41) is 7.08. The highest BCUT2D eigenvalue weighted by Gasteiger charge is 2.08. The number of rotatable bonds is 7. The summed E-state index contributed by atoms with van der Waals surface area (Å²) < 4.78 is 20.6. The van der Waals surface area contributed by atoms with Crippen molar-refractivity contribution < 1.29 is 13.9 Å². The van der Waals surface area contributed by atoms with Gasteiger partial charge in [0.1, 0.15) is 18.2 Å². The van der Waals surface area contributed by atoms with E-state index in [4.69, 9.17) is 4.74 Å². The summed E-state index contributed by atoms with van der Waals surface area (Å²) in [6.45, 7) is 0.970. The molecule has 1 heterocycles. The Bertz CT molecular complexity index is 1110. The lowest BCUT2D eigenvalue weighted by molar-refractivity contribution is 0.102. The highest BCUT2D eigenvalue weighted by atomic mass is 19.1. The average molecular weight is 401 g/mol. The van der Waals surface area contributed by atoms with Crippen LogP contribution in [0.25, 0.3) is 0 Å². The number of ether oxygens (including phenoxy) is 1. The molecule has 1 N–H and O–H groups in total. The molecule has 150 valence electrons. The van der Waals surface area contributed by atoms with Gasteiger partial charge in [-0.1, -0.05) is 30.3 Å². The third-order valence-electron chi connectivity index (χ3n) is 4.53. The second kappa shape index (κ2) is 9.05. The van der Waals surface area contributed by atoms with Crippen molar-refractivity contribution in [3.05, 3.63) is 114 Å². The van der Waals surface area contributed by atoms with E-state index in [0.717, 1.165) is 11.1 Å². The number of hydrogen-bond acceptors (Lipinski definition) is 3. The smallest absolute Gasteiger partial charge is 0.255 e. The van der Waals surface area contributed by atoms with Crippen LogP contribution in [0, 0.1) is 5.82 Å². The Hall–Kier alpha value is -3.93. The zero-order chi connectivity index (χ0) is 20.8. The Kier molecular flexibility index (Phi) is 5.85. The van der Waals surface area contributed by atoms with Crippen molar-refractivity contribution in [1.29, 1.82) is 0 Å². The Morgan fingerprint density at radius 3 is 2.47 bits per heavy atom. The van der Waals surface area contributed by atoms with Gasteiger partial charge in [0.25, 0.3) is 5.91 Å². The van der Waals surface area contributed by atoms with Gasteiger partial charge in [-0.25, -0.2) is 4.39 Å². The maximum atomic E-state index is 13.0. The van der Waals surface area contributed by atoms with Crippen LogP contribution in [0.15, 0.2) is 91.3 Å². The summed E-state index contributed by atoms with van der Waals surface area (Å²) in [6.07, 6.45) is 3.65. The van der Waals surface area contributed by atoms with Crippen LogP contribution in [0.3, 0.4) is 0 Å². The lowest BCUT2D eigenvalue weighted by Crippen LogP contribution is -2.12. The number of hydrogen-bond donors (Lipinski definition) is 1. The molecule has 3 aromatic carbocycles. The molecule has 0 radical (unpaired) electrons. The number of benzene rings is 3. The molecule has 0 aliphatic rings. The molecule has 0 aliphatic heterocycles. The van der Waals surface area contributed by atoms with Gasteiger partial charge in [-0.3, -0.25) is 9.48 Å². The molecule has 1 amide bonds. The minimum atomic E-state index is -0.285. The fraction of sp³-hybridized carbons (Fsp3) is 0.0833. The first kappa shape index (κ1) is 19.4. The Morgan fingerprint density at radius 2 is 1.73 bits per heavy atom. The van der Waals surface area contributed by atoms with Crippen molar-refractivity contribution >= 4 is 11.6 Å². The van der Waals surface area contributed by atoms with E-state index in [1.54, 1.807) is 42.6 Å². The highest BCUT2D eigenvalue weighted by molar-refractivity contribution is 6.04. The summed E-state index contributed by atoms with van der Waals surface area (Å²) in [5.74, 6) is 0.0652. The first-order chi connectivity index (χ1) is 14.7. The van der Waals surface area contributed by atoms with Gasteiger partial charge in [-0.05, 0) is 59.7 Å². The predicted octanol–water partition coefficient (Wildman–Crippen LogP) is 4.90. The molecule has 0 bridgehead atoms. The van der Waals surface area contributed by atoms with E-state index in [2.05, 4.69) is 10.4 Å². The molecular formula is C24H20FN3O2. The molecule has 0 fully saturated rings. The van der Waals surface area contributed by atoms with E-state index >= 15 is 0 Å². The third kappa shape index (κ3) is 5.11. The molecule has 4 aromatic rings. The average Bonchev–Trinajstić information content (AvgIpc) is 3.28. The van der Waals surface area contributed by atoms with Crippen molar-refractivity contribution in [3.8, 4) is 5.75 Å². The molecule has 0 unspecified atom stereocenters. The van der Waals surface area contributed by atoms with Gasteiger partial charge < -0.3 is 10.1 Å². The highest BCUT2D eigenvalue weighted by Crippen LogP contribution is 2.18. The Morgan fingerprint density at radius 1 is 0.967 bits per heavy atom. The normalized spacial score (nSPS) is 10.6. The van der Waals surface area contributed by atoms with E-state index in [1.807, 2.05) is 41.2 Å². The number of carbonyl (C=O) groups is 1. The summed E-state index contributed by atoms with van der Waals surface area (Å²) in [6, 6.07) is 22.6. The van der Waals surface area contributed by atoms with Gasteiger partial charge in [0, 0.05) is 23.6 Å². The topological polar surface area (TPSA) is 56.2 Å². The fourth-order valence-corrected chi connectivity index (χ4v) is 2.95. The molecule has 6 heteroatoms. The third-order valence-corrected chi connectivity index (χ3v) is 4.53. The maximum Gasteiger partial charge on any atom is 0.255 e. The van der Waals surface area contributed by atoms with Crippen molar-refractivity contribution in [2.24, 2.45) is 0 Å². The van der Waals surface area contributed by atoms with Crippen molar-refractivity contribution in [3.63, 3.8) is 0 Å². The zero-order valence-electron chi connectivity index (χ0n) is 16.2. The summed E-state index contributed by atoms with van der Waals surface area (Å²) in [5.41, 5.74) is 3.14. The number of carbonyl (C=O) groups excluding carboxylic acids is 1. The molecule has 30 heavy (non-hydrogen) atoms. The lowest BCUT2D eigenvalue weighted by Gasteiger charge is -2.10. The van der Waals surface area contributed by atoms with Gasteiger partial charge in [0.15, 0.2) is 0 Å². The Labute approximate surface area is 173 Å². The molecule has 4 rings (SSSR count). The lowest BCUT2D eigenvalue weighted by atomic mass is 10.1. The minimum Gasteiger partial charge on any atom is -0.489 e. The second-order valence-corrected chi connectivity index (χ2v) is 6.80. The first-order valence-corrected chi connectivity index (χ1v) is 9.51. The second-order valence-electron chi connectivity index (χ2n) is 6.80. The van der Waals surface area contributed by atoms with E-state index < -0.39 is 0 Å². The first-order valence-electron chi connectivity index (χ1n) is 9.51. The summed E-state index contributed by atoms with van der Waals surface area (Å²) >= 11 is 0. The quantitative estimate of drug-likeness (QED) is 0.479. The Balaban J connectivity index is 1.36. The van der Waals surface area contributed by atoms with Gasteiger partial charge in [-0.2, -0.15) is 5.10 Å². The number of aromatic nitrogens is 2. The van der Waals surface area contributed by atoms with E-state index in [9.17, 15) is 9.18 Å². The maximum absolute atomic E-state index is 13.0. The van der Waals surface area contributed by atoms with Crippen LogP contribution in [0.5, 0.6) is 5.75 Å². The molecule has 0 atom stereocenters. The fourth-order valence-electron chi connectivity index (χ4n) is 2.95. The van der Waals surface area contributed by atoms with Crippen LogP contribution in [0.4, 0.5) is 10.1 Å².